The number of carbonyl (C=O) groups excluding carboxylic acids is 1. The smallest absolute Gasteiger partial charge is 0.417 e. The van der Waals surface area contributed by atoms with E-state index in [0.29, 0.717) is 48.9 Å². The lowest BCUT2D eigenvalue weighted by molar-refractivity contribution is -0.147. The van der Waals surface area contributed by atoms with Crippen LogP contribution in [0.2, 0.25) is 0 Å². The summed E-state index contributed by atoms with van der Waals surface area (Å²) in [5.41, 5.74) is 1.49. The predicted molar refractivity (Wildman–Crippen MR) is 136 cm³/mol. The van der Waals surface area contributed by atoms with Crippen molar-refractivity contribution in [2.45, 2.75) is 32.7 Å². The van der Waals surface area contributed by atoms with Crippen LogP contribution in [0.15, 0.2) is 42.6 Å². The van der Waals surface area contributed by atoms with Crippen LogP contribution in [0.25, 0.3) is 11.1 Å². The summed E-state index contributed by atoms with van der Waals surface area (Å²) < 4.78 is 73.3. The molecule has 2 aliphatic heterocycles. The largest absolute Gasteiger partial charge is 0.489 e. The van der Waals surface area contributed by atoms with E-state index in [2.05, 4.69) is 10.3 Å². The maximum absolute atomic E-state index is 15.1. The van der Waals surface area contributed by atoms with Gasteiger partial charge in [-0.05, 0) is 47.9 Å². The van der Waals surface area contributed by atoms with E-state index in [-0.39, 0.29) is 30.1 Å². The molecule has 39 heavy (non-hydrogen) atoms. The van der Waals surface area contributed by atoms with E-state index in [1.54, 1.807) is 30.0 Å². The number of pyridine rings is 1. The van der Waals surface area contributed by atoms with Crippen LogP contribution in [-0.4, -0.2) is 43.9 Å². The van der Waals surface area contributed by atoms with Gasteiger partial charge in [0.2, 0.25) is 0 Å². The summed E-state index contributed by atoms with van der Waals surface area (Å²) in [6, 6.07) is 8.87. The van der Waals surface area contributed by atoms with Gasteiger partial charge >= 0.3 is 12.1 Å². The molecule has 0 amide bonds. The highest BCUT2D eigenvalue weighted by Crippen LogP contribution is 2.41. The van der Waals surface area contributed by atoms with E-state index in [4.69, 9.17) is 14.2 Å². The van der Waals surface area contributed by atoms with Crippen LogP contribution in [0.3, 0.4) is 0 Å². The molecule has 5 rings (SSSR count). The molecule has 0 radical (unpaired) electrons. The van der Waals surface area contributed by atoms with Crippen LogP contribution in [0.1, 0.15) is 35.3 Å². The Morgan fingerprint density at radius 2 is 1.95 bits per heavy atom. The molecule has 11 heteroatoms. The SMILES string of the molecule is CC(=O)O[C@@H]1COc2cc(NCc3ccc(C(F)(F)F)c(-c4cnc(N5CCOCC5)c(F)c4)c3C)ccc21. The Bertz CT molecular complexity index is 1390. The van der Waals surface area contributed by atoms with Crippen LogP contribution in [0.4, 0.5) is 29.1 Å². The molecular formula is C28H27F4N3O4. The zero-order valence-electron chi connectivity index (χ0n) is 21.4. The highest BCUT2D eigenvalue weighted by Gasteiger charge is 2.35. The number of nitrogens with one attached hydrogen (secondary N) is 1. The van der Waals surface area contributed by atoms with Crippen molar-refractivity contribution >= 4 is 17.5 Å². The molecule has 206 valence electrons. The molecule has 2 aliphatic rings. The van der Waals surface area contributed by atoms with Crippen LogP contribution < -0.4 is 15.0 Å². The van der Waals surface area contributed by atoms with Gasteiger partial charge in [-0.2, -0.15) is 13.2 Å². The third-order valence-electron chi connectivity index (χ3n) is 6.85. The summed E-state index contributed by atoms with van der Waals surface area (Å²) in [6.07, 6.45) is -3.82. The second-order valence-corrected chi connectivity index (χ2v) is 9.41. The molecule has 2 aromatic carbocycles. The van der Waals surface area contributed by atoms with Crippen LogP contribution in [0.5, 0.6) is 5.75 Å². The molecule has 0 unspecified atom stereocenters. The number of hydrogen-bond donors (Lipinski definition) is 1. The second kappa shape index (κ2) is 10.7. The number of esters is 1. The Morgan fingerprint density at radius 3 is 2.64 bits per heavy atom. The first-order valence-corrected chi connectivity index (χ1v) is 12.5. The summed E-state index contributed by atoms with van der Waals surface area (Å²) >= 11 is 0. The summed E-state index contributed by atoms with van der Waals surface area (Å²) in [5, 5.41) is 3.21. The number of alkyl halides is 3. The topological polar surface area (TPSA) is 72.9 Å². The van der Waals surface area contributed by atoms with Crippen molar-refractivity contribution in [3.05, 3.63) is 70.7 Å². The number of nitrogens with zero attached hydrogens (tertiary/aromatic N) is 2. The number of carbonyl (C=O) groups is 1. The number of hydrogen-bond acceptors (Lipinski definition) is 7. The van der Waals surface area contributed by atoms with Crippen molar-refractivity contribution in [1.29, 1.82) is 0 Å². The molecule has 1 N–H and O–H groups in total. The number of anilines is 2. The standard InChI is InChI=1S/C28H27F4N3O4/c1-16-18(13-33-20-4-5-21-24(12-20)38-15-25(21)39-17(2)36)3-6-22(28(30,31)32)26(16)19-11-23(29)27(34-14-19)35-7-9-37-10-8-35/h3-6,11-12,14,25,33H,7-10,13,15H2,1-2H3/t25-/m1/s1. The third-order valence-corrected chi connectivity index (χ3v) is 6.85. The summed E-state index contributed by atoms with van der Waals surface area (Å²) in [4.78, 5) is 17.2. The molecule has 1 aromatic heterocycles. The molecular weight excluding hydrogens is 518 g/mol. The number of morpholine rings is 1. The van der Waals surface area contributed by atoms with Crippen LogP contribution in [-0.2, 0) is 27.0 Å². The van der Waals surface area contributed by atoms with Gasteiger partial charge in [-0.1, -0.05) is 6.07 Å². The third kappa shape index (κ3) is 5.63. The van der Waals surface area contributed by atoms with Crippen molar-refractivity contribution in [3.63, 3.8) is 0 Å². The van der Waals surface area contributed by atoms with Gasteiger partial charge in [0.05, 0.1) is 18.8 Å². The van der Waals surface area contributed by atoms with Gasteiger partial charge in [0.15, 0.2) is 17.7 Å². The zero-order valence-corrected chi connectivity index (χ0v) is 21.4. The average molecular weight is 546 g/mol. The van der Waals surface area contributed by atoms with E-state index in [0.717, 1.165) is 17.7 Å². The minimum Gasteiger partial charge on any atom is -0.489 e. The highest BCUT2D eigenvalue weighted by molar-refractivity contribution is 5.74. The molecule has 0 aliphatic carbocycles. The van der Waals surface area contributed by atoms with Crippen molar-refractivity contribution < 1.29 is 36.6 Å². The van der Waals surface area contributed by atoms with Crippen molar-refractivity contribution in [2.24, 2.45) is 0 Å². The van der Waals surface area contributed by atoms with Crippen molar-refractivity contribution in [2.75, 3.05) is 43.1 Å². The van der Waals surface area contributed by atoms with Gasteiger partial charge in [-0.25, -0.2) is 9.37 Å². The van der Waals surface area contributed by atoms with E-state index in [9.17, 15) is 18.0 Å². The van der Waals surface area contributed by atoms with Crippen LogP contribution >= 0.6 is 0 Å². The second-order valence-electron chi connectivity index (χ2n) is 9.41. The Labute approximate surface area is 222 Å². The molecule has 7 nitrogen and oxygen atoms in total. The van der Waals surface area contributed by atoms with Gasteiger partial charge in [-0.3, -0.25) is 4.79 Å². The van der Waals surface area contributed by atoms with Crippen LogP contribution in [0, 0.1) is 12.7 Å². The molecule has 3 aromatic rings. The Morgan fingerprint density at radius 1 is 1.18 bits per heavy atom. The van der Waals surface area contributed by atoms with E-state index >= 15 is 4.39 Å². The minimum atomic E-state index is -4.64. The van der Waals surface area contributed by atoms with E-state index in [1.807, 2.05) is 0 Å². The minimum absolute atomic E-state index is 0.0543. The predicted octanol–water partition coefficient (Wildman–Crippen LogP) is 5.66. The first-order valence-electron chi connectivity index (χ1n) is 12.5. The maximum Gasteiger partial charge on any atom is 0.417 e. The Kier molecular flexibility index (Phi) is 7.35. The number of ether oxygens (including phenoxy) is 3. The fraction of sp³-hybridized carbons (Fsp3) is 0.357. The normalized spacial score (nSPS) is 17.0. The van der Waals surface area contributed by atoms with Crippen molar-refractivity contribution in [3.8, 4) is 16.9 Å². The lowest BCUT2D eigenvalue weighted by Crippen LogP contribution is -2.37. The molecule has 1 saturated heterocycles. The quantitative estimate of drug-likeness (QED) is 0.317. The maximum atomic E-state index is 15.1. The van der Waals surface area contributed by atoms with Gasteiger partial charge in [0.25, 0.3) is 0 Å². The van der Waals surface area contributed by atoms with Gasteiger partial charge in [0, 0.05) is 55.6 Å². The van der Waals surface area contributed by atoms with Gasteiger partial charge in [-0.15, -0.1) is 0 Å². The monoisotopic (exact) mass is 545 g/mol. The number of fused-ring (bicyclic) bond motifs is 1. The highest BCUT2D eigenvalue weighted by atomic mass is 19.4. The number of halogens is 4. The van der Waals surface area contributed by atoms with Crippen molar-refractivity contribution in [1.82, 2.24) is 4.98 Å². The Balaban J connectivity index is 1.42. The first kappa shape index (κ1) is 26.7. The average Bonchev–Trinajstić information content (AvgIpc) is 3.29. The number of aromatic nitrogens is 1. The van der Waals surface area contributed by atoms with E-state index < -0.39 is 29.6 Å². The fourth-order valence-corrected chi connectivity index (χ4v) is 4.92. The zero-order chi connectivity index (χ0) is 27.7. The lowest BCUT2D eigenvalue weighted by Gasteiger charge is -2.28. The molecule has 1 fully saturated rings. The fourth-order valence-electron chi connectivity index (χ4n) is 4.92. The molecule has 0 bridgehead atoms. The first-order chi connectivity index (χ1) is 18.6. The summed E-state index contributed by atoms with van der Waals surface area (Å²) in [5.74, 6) is -0.424. The summed E-state index contributed by atoms with van der Waals surface area (Å²) in [7, 11) is 0. The number of benzene rings is 2. The van der Waals surface area contributed by atoms with E-state index in [1.165, 1.54) is 19.2 Å². The molecule has 0 spiro atoms. The van der Waals surface area contributed by atoms with Gasteiger partial charge < -0.3 is 24.4 Å². The lowest BCUT2D eigenvalue weighted by atomic mass is 9.91. The number of rotatable bonds is 6. The summed E-state index contributed by atoms with van der Waals surface area (Å²) in [6.45, 7) is 5.11. The Hall–Kier alpha value is -3.86. The molecule has 1 atom stereocenters. The molecule has 0 saturated carbocycles. The molecule has 3 heterocycles. The van der Waals surface area contributed by atoms with Gasteiger partial charge in [0.1, 0.15) is 12.4 Å².